The lowest BCUT2D eigenvalue weighted by atomic mass is 10.0. The van der Waals surface area contributed by atoms with Gasteiger partial charge in [0.15, 0.2) is 17.1 Å². The summed E-state index contributed by atoms with van der Waals surface area (Å²) in [5, 5.41) is 0. The van der Waals surface area contributed by atoms with Crippen LogP contribution in [0.5, 0.6) is 0 Å². The van der Waals surface area contributed by atoms with Crippen LogP contribution in [-0.4, -0.2) is 39.8 Å². The van der Waals surface area contributed by atoms with Crippen LogP contribution in [0.1, 0.15) is 28.8 Å². The van der Waals surface area contributed by atoms with Gasteiger partial charge >= 0.3 is 15.5 Å². The van der Waals surface area contributed by atoms with Crippen LogP contribution in [0.4, 0.5) is 22.7 Å². The molecule has 2 aromatic carbocycles. The molecule has 1 atom stereocenters. The SMILES string of the molecule is Cc1cccc2c1CN(S(=O)(=O)C(F)(F)F)CC(CCc1ccccc1)N2Cc1cn(SF)c(Br)n1. The van der Waals surface area contributed by atoms with Gasteiger partial charge in [-0.2, -0.15) is 17.5 Å². The number of imidazole rings is 1. The number of sulfonamides is 1. The number of aromatic nitrogens is 2. The third-order valence-electron chi connectivity index (χ3n) is 6.22. The van der Waals surface area contributed by atoms with E-state index in [4.69, 9.17) is 0 Å². The standard InChI is InChI=1S/C23H23BrF4N4O2S2/c1-16-6-5-9-21-20(16)15-30(36(33,34)23(25,26)27)14-19(11-10-17-7-3-2-4-8-17)31(21)12-18-13-32(35-28)22(24)29-18/h2-9,13,19H,10-12,14-15H2,1H3. The van der Waals surface area contributed by atoms with E-state index in [1.54, 1.807) is 25.1 Å². The van der Waals surface area contributed by atoms with Gasteiger partial charge in [0.05, 0.1) is 12.2 Å². The van der Waals surface area contributed by atoms with Crippen LogP contribution in [0.15, 0.2) is 59.5 Å². The summed E-state index contributed by atoms with van der Waals surface area (Å²) in [5.41, 5.74) is -2.16. The predicted octanol–water partition coefficient (Wildman–Crippen LogP) is 6.01. The van der Waals surface area contributed by atoms with Crippen molar-refractivity contribution in [1.29, 1.82) is 0 Å². The van der Waals surface area contributed by atoms with Crippen LogP contribution in [0.3, 0.4) is 0 Å². The van der Waals surface area contributed by atoms with E-state index < -0.39 is 28.1 Å². The monoisotopic (exact) mass is 606 g/mol. The van der Waals surface area contributed by atoms with Gasteiger partial charge < -0.3 is 4.90 Å². The highest BCUT2D eigenvalue weighted by Gasteiger charge is 2.51. The summed E-state index contributed by atoms with van der Waals surface area (Å²) in [4.78, 5) is 6.21. The van der Waals surface area contributed by atoms with E-state index >= 15 is 0 Å². The normalized spacial score (nSPS) is 17.2. The number of rotatable bonds is 7. The van der Waals surface area contributed by atoms with Crippen molar-refractivity contribution in [2.75, 3.05) is 11.4 Å². The van der Waals surface area contributed by atoms with Gasteiger partial charge in [-0.15, -0.1) is 3.89 Å². The largest absolute Gasteiger partial charge is 0.511 e. The Balaban J connectivity index is 1.79. The minimum Gasteiger partial charge on any atom is -0.361 e. The molecule has 1 aliphatic heterocycles. The quantitative estimate of drug-likeness (QED) is 0.308. The zero-order chi connectivity index (χ0) is 26.1. The lowest BCUT2D eigenvalue weighted by Crippen LogP contribution is -2.47. The second-order valence-corrected chi connectivity index (χ2v) is 11.7. The maximum absolute atomic E-state index is 13.6. The molecule has 3 aromatic rings. The van der Waals surface area contributed by atoms with Crippen LogP contribution in [-0.2, 0) is 29.5 Å². The van der Waals surface area contributed by atoms with Crippen LogP contribution >= 0.6 is 28.3 Å². The Labute approximate surface area is 219 Å². The predicted molar refractivity (Wildman–Crippen MR) is 135 cm³/mol. The smallest absolute Gasteiger partial charge is 0.361 e. The summed E-state index contributed by atoms with van der Waals surface area (Å²) in [5.74, 6) is 0. The Morgan fingerprint density at radius 2 is 1.86 bits per heavy atom. The van der Waals surface area contributed by atoms with Gasteiger partial charge in [0.1, 0.15) is 0 Å². The molecule has 0 radical (unpaired) electrons. The summed E-state index contributed by atoms with van der Waals surface area (Å²) in [6, 6.07) is 14.1. The molecule has 4 rings (SSSR count). The number of fused-ring (bicyclic) bond motifs is 1. The van der Waals surface area contributed by atoms with Gasteiger partial charge in [-0.1, -0.05) is 42.5 Å². The number of hydrogen-bond acceptors (Lipinski definition) is 5. The molecule has 0 amide bonds. The zero-order valence-corrected chi connectivity index (χ0v) is 22.3. The highest BCUT2D eigenvalue weighted by atomic mass is 79.9. The number of halogens is 5. The fourth-order valence-electron chi connectivity index (χ4n) is 4.39. The molecule has 1 unspecified atom stereocenters. The van der Waals surface area contributed by atoms with E-state index in [0.717, 1.165) is 5.56 Å². The molecule has 194 valence electrons. The highest BCUT2D eigenvalue weighted by Crippen LogP contribution is 2.37. The molecular formula is C23H23BrF4N4O2S2. The second-order valence-electron chi connectivity index (χ2n) is 8.52. The molecule has 0 saturated heterocycles. The number of nitrogens with zero attached hydrogens (tertiary/aromatic N) is 4. The number of aryl methyl sites for hydroxylation is 2. The maximum atomic E-state index is 13.6. The summed E-state index contributed by atoms with van der Waals surface area (Å²) < 4.78 is 81.2. The van der Waals surface area contributed by atoms with Crippen molar-refractivity contribution < 1.29 is 25.5 Å². The molecule has 6 nitrogen and oxygen atoms in total. The number of anilines is 1. The molecule has 1 aliphatic rings. The van der Waals surface area contributed by atoms with Crippen LogP contribution < -0.4 is 4.90 Å². The Bertz CT molecular complexity index is 1320. The van der Waals surface area contributed by atoms with Crippen LogP contribution in [0, 0.1) is 6.92 Å². The molecule has 0 fully saturated rings. The molecule has 1 aromatic heterocycles. The van der Waals surface area contributed by atoms with Gasteiger partial charge in [-0.05, 0) is 58.5 Å². The van der Waals surface area contributed by atoms with Gasteiger partial charge in [0.25, 0.3) is 0 Å². The van der Waals surface area contributed by atoms with Gasteiger partial charge in [0, 0.05) is 31.0 Å². The van der Waals surface area contributed by atoms with E-state index in [1.807, 2.05) is 35.2 Å². The topological polar surface area (TPSA) is 58.4 Å². The molecule has 0 spiro atoms. The Morgan fingerprint density at radius 3 is 2.50 bits per heavy atom. The first-order chi connectivity index (χ1) is 17.0. The van der Waals surface area contributed by atoms with Crippen molar-refractivity contribution in [3.63, 3.8) is 0 Å². The van der Waals surface area contributed by atoms with Crippen molar-refractivity contribution in [1.82, 2.24) is 13.3 Å². The van der Waals surface area contributed by atoms with E-state index in [1.165, 1.54) is 10.2 Å². The van der Waals surface area contributed by atoms with Gasteiger partial charge in [0.2, 0.25) is 0 Å². The van der Waals surface area contributed by atoms with Crippen molar-refractivity contribution in [3.05, 3.63) is 81.8 Å². The Hall–Kier alpha value is -2.09. The van der Waals surface area contributed by atoms with Crippen molar-refractivity contribution in [3.8, 4) is 0 Å². The lowest BCUT2D eigenvalue weighted by molar-refractivity contribution is -0.0492. The van der Waals surface area contributed by atoms with Crippen LogP contribution in [0.25, 0.3) is 0 Å². The number of benzene rings is 2. The first-order valence-corrected chi connectivity index (χ1v) is 13.9. The van der Waals surface area contributed by atoms with Gasteiger partial charge in [-0.25, -0.2) is 17.4 Å². The highest BCUT2D eigenvalue weighted by molar-refractivity contribution is 9.10. The van der Waals surface area contributed by atoms with E-state index in [0.29, 0.717) is 39.7 Å². The zero-order valence-electron chi connectivity index (χ0n) is 19.1. The summed E-state index contributed by atoms with van der Waals surface area (Å²) in [6.45, 7) is 1.13. The van der Waals surface area contributed by atoms with Crippen molar-refractivity contribution >= 4 is 44.0 Å². The second kappa shape index (κ2) is 10.7. The first kappa shape index (κ1) is 27.0. The molecule has 2 heterocycles. The summed E-state index contributed by atoms with van der Waals surface area (Å²) in [6.07, 6.45) is 2.41. The van der Waals surface area contributed by atoms with Crippen molar-refractivity contribution in [2.45, 2.75) is 44.4 Å². The molecule has 0 bridgehead atoms. The minimum atomic E-state index is -5.57. The summed E-state index contributed by atoms with van der Waals surface area (Å²) >= 11 is 3.16. The fourth-order valence-corrected chi connectivity index (χ4v) is 6.10. The minimum absolute atomic E-state index is 0.0385. The third-order valence-corrected chi connectivity index (χ3v) is 8.98. The van der Waals surface area contributed by atoms with Crippen LogP contribution in [0.2, 0.25) is 0 Å². The van der Waals surface area contributed by atoms with E-state index in [-0.39, 0.29) is 30.2 Å². The molecule has 0 saturated carbocycles. The fraction of sp³-hybridized carbons (Fsp3) is 0.348. The Morgan fingerprint density at radius 1 is 1.14 bits per heavy atom. The molecule has 0 N–H and O–H groups in total. The number of hydrogen-bond donors (Lipinski definition) is 0. The van der Waals surface area contributed by atoms with E-state index in [9.17, 15) is 25.5 Å². The lowest BCUT2D eigenvalue weighted by Gasteiger charge is -2.34. The average molecular weight is 607 g/mol. The maximum Gasteiger partial charge on any atom is 0.511 e. The molecular weight excluding hydrogens is 584 g/mol. The molecule has 36 heavy (non-hydrogen) atoms. The average Bonchev–Trinajstić information content (AvgIpc) is 3.10. The van der Waals surface area contributed by atoms with E-state index in [2.05, 4.69) is 20.9 Å². The first-order valence-electron chi connectivity index (χ1n) is 11.0. The summed E-state index contributed by atoms with van der Waals surface area (Å²) in [7, 11) is -5.57. The molecule has 13 heteroatoms. The van der Waals surface area contributed by atoms with Gasteiger partial charge in [-0.3, -0.25) is 0 Å². The Kier molecular flexibility index (Phi) is 8.03. The molecule has 0 aliphatic carbocycles. The number of alkyl halides is 3. The third kappa shape index (κ3) is 5.58. The van der Waals surface area contributed by atoms with Crippen molar-refractivity contribution in [2.24, 2.45) is 0 Å².